The molecular formula is C20H16FN3O2. The topological polar surface area (TPSA) is 70.2 Å². The fourth-order valence-corrected chi connectivity index (χ4v) is 2.87. The van der Waals surface area contributed by atoms with E-state index in [1.165, 1.54) is 19.2 Å². The first kappa shape index (κ1) is 16.0. The van der Waals surface area contributed by atoms with Crippen LogP contribution in [0.1, 0.15) is 0 Å². The van der Waals surface area contributed by atoms with E-state index >= 15 is 0 Å². The smallest absolute Gasteiger partial charge is 0.160 e. The average Bonchev–Trinajstić information content (AvgIpc) is 3.07. The van der Waals surface area contributed by atoms with Crippen molar-refractivity contribution in [2.45, 2.75) is 0 Å². The van der Waals surface area contributed by atoms with Crippen molar-refractivity contribution in [1.29, 1.82) is 0 Å². The molecule has 0 unspecified atom stereocenters. The van der Waals surface area contributed by atoms with Crippen molar-refractivity contribution in [2.24, 2.45) is 0 Å². The zero-order valence-electron chi connectivity index (χ0n) is 14.0. The summed E-state index contributed by atoms with van der Waals surface area (Å²) in [6.45, 7) is 0. The van der Waals surface area contributed by atoms with Crippen molar-refractivity contribution in [3.8, 4) is 22.8 Å². The van der Waals surface area contributed by atoms with Crippen LogP contribution in [-0.4, -0.2) is 22.2 Å². The van der Waals surface area contributed by atoms with Gasteiger partial charge in [0.15, 0.2) is 11.5 Å². The van der Waals surface area contributed by atoms with Crippen molar-refractivity contribution in [2.75, 3.05) is 12.4 Å². The highest BCUT2D eigenvalue weighted by atomic mass is 19.1. The van der Waals surface area contributed by atoms with Crippen LogP contribution in [0.2, 0.25) is 0 Å². The minimum atomic E-state index is -0.286. The predicted molar refractivity (Wildman–Crippen MR) is 99.4 cm³/mol. The molecule has 26 heavy (non-hydrogen) atoms. The number of rotatable bonds is 4. The lowest BCUT2D eigenvalue weighted by Crippen LogP contribution is -1.94. The standard InChI is InChI=1S/C20H16FN3O2/c1-26-19-6-5-14(10-18(19)25)23-20-15-11-17(24-16(15)7-8-22-20)12-3-2-4-13(21)9-12/h2-11,24-25H,1H3,(H,22,23). The summed E-state index contributed by atoms with van der Waals surface area (Å²) in [6.07, 6.45) is 1.68. The Hall–Kier alpha value is -3.54. The molecule has 0 spiro atoms. The molecule has 0 amide bonds. The van der Waals surface area contributed by atoms with E-state index in [1.807, 2.05) is 18.2 Å². The maximum Gasteiger partial charge on any atom is 0.160 e. The van der Waals surface area contributed by atoms with Crippen LogP contribution in [0.3, 0.4) is 0 Å². The second-order valence-corrected chi connectivity index (χ2v) is 5.83. The molecule has 0 saturated carbocycles. The number of aromatic amines is 1. The lowest BCUT2D eigenvalue weighted by molar-refractivity contribution is 0.373. The maximum absolute atomic E-state index is 13.5. The number of H-pyrrole nitrogens is 1. The van der Waals surface area contributed by atoms with Gasteiger partial charge in [0, 0.05) is 34.6 Å². The van der Waals surface area contributed by atoms with Crippen molar-refractivity contribution in [3.63, 3.8) is 0 Å². The fraction of sp³-hybridized carbons (Fsp3) is 0.0500. The summed E-state index contributed by atoms with van der Waals surface area (Å²) >= 11 is 0. The van der Waals surface area contributed by atoms with Crippen LogP contribution >= 0.6 is 0 Å². The molecule has 0 atom stereocenters. The van der Waals surface area contributed by atoms with Crippen LogP contribution in [0, 0.1) is 5.82 Å². The Morgan fingerprint density at radius 2 is 2.00 bits per heavy atom. The summed E-state index contributed by atoms with van der Waals surface area (Å²) in [6, 6.07) is 15.2. The van der Waals surface area contributed by atoms with E-state index in [-0.39, 0.29) is 11.6 Å². The largest absolute Gasteiger partial charge is 0.504 e. The third-order valence-corrected chi connectivity index (χ3v) is 4.13. The number of hydrogen-bond donors (Lipinski definition) is 3. The number of ether oxygens (including phenoxy) is 1. The summed E-state index contributed by atoms with van der Waals surface area (Å²) in [5.41, 5.74) is 3.11. The van der Waals surface area contributed by atoms with E-state index in [0.29, 0.717) is 17.3 Å². The van der Waals surface area contributed by atoms with Gasteiger partial charge in [0.25, 0.3) is 0 Å². The molecule has 4 rings (SSSR count). The summed E-state index contributed by atoms with van der Waals surface area (Å²) < 4.78 is 18.6. The highest BCUT2D eigenvalue weighted by Crippen LogP contribution is 2.33. The van der Waals surface area contributed by atoms with Crippen molar-refractivity contribution in [1.82, 2.24) is 9.97 Å². The summed E-state index contributed by atoms with van der Waals surface area (Å²) in [7, 11) is 1.50. The molecular weight excluding hydrogens is 333 g/mol. The lowest BCUT2D eigenvalue weighted by Gasteiger charge is -2.09. The third kappa shape index (κ3) is 2.93. The van der Waals surface area contributed by atoms with Gasteiger partial charge in [-0.25, -0.2) is 9.37 Å². The maximum atomic E-state index is 13.5. The van der Waals surface area contributed by atoms with Crippen LogP contribution in [0.4, 0.5) is 15.9 Å². The zero-order valence-corrected chi connectivity index (χ0v) is 14.0. The van der Waals surface area contributed by atoms with Crippen molar-refractivity contribution in [3.05, 3.63) is 66.6 Å². The first-order valence-corrected chi connectivity index (χ1v) is 8.02. The zero-order chi connectivity index (χ0) is 18.1. The molecule has 2 aromatic carbocycles. The van der Waals surface area contributed by atoms with Gasteiger partial charge in [-0.05, 0) is 36.4 Å². The number of pyridine rings is 1. The molecule has 0 aliphatic carbocycles. The van der Waals surface area contributed by atoms with Gasteiger partial charge in [-0.1, -0.05) is 12.1 Å². The van der Waals surface area contributed by atoms with E-state index in [1.54, 1.807) is 30.5 Å². The quantitative estimate of drug-likeness (QED) is 0.494. The molecule has 0 aliphatic heterocycles. The number of phenols is 1. The highest BCUT2D eigenvalue weighted by Gasteiger charge is 2.10. The van der Waals surface area contributed by atoms with Crippen LogP contribution in [0.5, 0.6) is 11.5 Å². The molecule has 130 valence electrons. The van der Waals surface area contributed by atoms with Gasteiger partial charge in [-0.2, -0.15) is 0 Å². The van der Waals surface area contributed by atoms with Crippen molar-refractivity contribution < 1.29 is 14.2 Å². The SMILES string of the molecule is COc1ccc(Nc2nccc3[nH]c(-c4cccc(F)c4)cc23)cc1O. The Morgan fingerprint density at radius 1 is 1.12 bits per heavy atom. The Labute approximate surface area is 149 Å². The van der Waals surface area contributed by atoms with Gasteiger partial charge in [0.1, 0.15) is 11.6 Å². The number of aromatic nitrogens is 2. The van der Waals surface area contributed by atoms with E-state index in [9.17, 15) is 9.50 Å². The van der Waals surface area contributed by atoms with Gasteiger partial charge in [-0.15, -0.1) is 0 Å². The number of fused-ring (bicyclic) bond motifs is 1. The highest BCUT2D eigenvalue weighted by molar-refractivity contribution is 5.95. The molecule has 0 aliphatic rings. The monoisotopic (exact) mass is 349 g/mol. The minimum Gasteiger partial charge on any atom is -0.504 e. The Bertz CT molecular complexity index is 1090. The van der Waals surface area contributed by atoms with Crippen molar-refractivity contribution >= 4 is 22.4 Å². The molecule has 0 fully saturated rings. The average molecular weight is 349 g/mol. The number of methoxy groups -OCH3 is 1. The summed E-state index contributed by atoms with van der Waals surface area (Å²) in [4.78, 5) is 7.66. The molecule has 4 aromatic rings. The van der Waals surface area contributed by atoms with Crippen LogP contribution in [-0.2, 0) is 0 Å². The van der Waals surface area contributed by atoms with Crippen LogP contribution in [0.15, 0.2) is 60.8 Å². The van der Waals surface area contributed by atoms with Crippen LogP contribution < -0.4 is 10.1 Å². The van der Waals surface area contributed by atoms with Gasteiger partial charge >= 0.3 is 0 Å². The van der Waals surface area contributed by atoms with E-state index in [0.717, 1.165) is 22.2 Å². The predicted octanol–water partition coefficient (Wildman–Crippen LogP) is 4.83. The minimum absolute atomic E-state index is 0.0409. The van der Waals surface area contributed by atoms with Gasteiger partial charge in [-0.3, -0.25) is 0 Å². The molecule has 2 aromatic heterocycles. The number of nitrogens with one attached hydrogen (secondary N) is 2. The first-order chi connectivity index (χ1) is 12.6. The van der Waals surface area contributed by atoms with E-state index in [2.05, 4.69) is 15.3 Å². The number of phenolic OH excluding ortho intramolecular Hbond substituents is 1. The number of halogens is 1. The molecule has 3 N–H and O–H groups in total. The molecule has 0 saturated heterocycles. The fourth-order valence-electron chi connectivity index (χ4n) is 2.87. The number of benzene rings is 2. The Morgan fingerprint density at radius 3 is 2.77 bits per heavy atom. The number of anilines is 2. The normalized spacial score (nSPS) is 10.8. The first-order valence-electron chi connectivity index (χ1n) is 8.02. The third-order valence-electron chi connectivity index (χ3n) is 4.13. The summed E-state index contributed by atoms with van der Waals surface area (Å²) in [5, 5.41) is 14.0. The second-order valence-electron chi connectivity index (χ2n) is 5.83. The van der Waals surface area contributed by atoms with Gasteiger partial charge in [0.2, 0.25) is 0 Å². The molecule has 6 heteroatoms. The van der Waals surface area contributed by atoms with Gasteiger partial charge < -0.3 is 20.1 Å². The summed E-state index contributed by atoms with van der Waals surface area (Å²) in [5.74, 6) is 0.785. The van der Waals surface area contributed by atoms with E-state index in [4.69, 9.17) is 4.74 Å². The van der Waals surface area contributed by atoms with Crippen LogP contribution in [0.25, 0.3) is 22.2 Å². The number of aromatic hydroxyl groups is 1. The molecule has 0 radical (unpaired) electrons. The second kappa shape index (κ2) is 6.40. The van der Waals surface area contributed by atoms with E-state index < -0.39 is 0 Å². The molecule has 5 nitrogen and oxygen atoms in total. The Balaban J connectivity index is 1.73. The molecule has 2 heterocycles. The lowest BCUT2D eigenvalue weighted by atomic mass is 10.1. The number of nitrogens with zero attached hydrogens (tertiary/aromatic N) is 1. The molecule has 0 bridgehead atoms. The Kier molecular flexibility index (Phi) is 3.93. The number of hydrogen-bond acceptors (Lipinski definition) is 4. The van der Waals surface area contributed by atoms with Gasteiger partial charge in [0.05, 0.1) is 12.6 Å².